The van der Waals surface area contributed by atoms with Crippen LogP contribution in [0, 0.1) is 11.3 Å². The van der Waals surface area contributed by atoms with E-state index in [9.17, 15) is 0 Å². The van der Waals surface area contributed by atoms with E-state index in [1.54, 1.807) is 6.07 Å². The van der Waals surface area contributed by atoms with Gasteiger partial charge in [0.1, 0.15) is 11.6 Å². The summed E-state index contributed by atoms with van der Waals surface area (Å²) in [6, 6.07) is 5.48. The number of halogens is 2. The van der Waals surface area contributed by atoms with E-state index in [1.807, 2.05) is 12.1 Å². The number of aromatic nitrogens is 1. The van der Waals surface area contributed by atoms with Crippen molar-refractivity contribution in [2.45, 2.75) is 0 Å². The van der Waals surface area contributed by atoms with Crippen LogP contribution in [0.15, 0.2) is 12.1 Å². The Balaban J connectivity index is 2.86. The monoisotopic (exact) mass is 228 g/mol. The summed E-state index contributed by atoms with van der Waals surface area (Å²) in [4.78, 5) is 4.03. The molecule has 0 N–H and O–H groups in total. The molecular formula is C8H2Cl2N2S. The molecule has 0 fully saturated rings. The minimum absolute atomic E-state index is 0.402. The van der Waals surface area contributed by atoms with Crippen LogP contribution in [-0.4, -0.2) is 4.98 Å². The first kappa shape index (κ1) is 8.76. The van der Waals surface area contributed by atoms with Crippen LogP contribution in [-0.2, 0) is 0 Å². The van der Waals surface area contributed by atoms with Crippen molar-refractivity contribution in [2.24, 2.45) is 0 Å². The number of nitrogens with zero attached hydrogens (tertiary/aromatic N) is 2. The van der Waals surface area contributed by atoms with E-state index < -0.39 is 0 Å². The maximum Gasteiger partial charge on any atom is 0.195 e. The number of hydrogen-bond donors (Lipinski definition) is 0. The molecule has 2 aromatic rings. The minimum atomic E-state index is 0.402. The molecule has 13 heavy (non-hydrogen) atoms. The van der Waals surface area contributed by atoms with Crippen molar-refractivity contribution in [3.8, 4) is 6.07 Å². The van der Waals surface area contributed by atoms with Crippen LogP contribution in [0.3, 0.4) is 0 Å². The zero-order valence-electron chi connectivity index (χ0n) is 6.21. The molecule has 1 aromatic heterocycles. The molecule has 0 amide bonds. The van der Waals surface area contributed by atoms with Gasteiger partial charge in [-0.2, -0.15) is 5.26 Å². The molecule has 0 atom stereocenters. The summed E-state index contributed by atoms with van der Waals surface area (Å²) in [5, 5.41) is 9.90. The lowest BCUT2D eigenvalue weighted by atomic mass is 10.3. The smallest absolute Gasteiger partial charge is 0.195 e. The molecule has 0 saturated carbocycles. The summed E-state index contributed by atoms with van der Waals surface area (Å²) in [5.41, 5.74) is 0.607. The van der Waals surface area contributed by atoms with Crippen molar-refractivity contribution in [1.82, 2.24) is 4.98 Å². The standard InChI is InChI=1S/C8H2Cl2N2S/c9-4-1-2-5-8(7(4)10)12-6(3-11)13-5/h1-2H. The second kappa shape index (κ2) is 3.15. The van der Waals surface area contributed by atoms with Crippen molar-refractivity contribution < 1.29 is 0 Å². The molecule has 0 aliphatic heterocycles. The number of fused-ring (bicyclic) bond motifs is 1. The predicted molar refractivity (Wildman–Crippen MR) is 54.4 cm³/mol. The first-order chi connectivity index (χ1) is 6.22. The van der Waals surface area contributed by atoms with Crippen LogP contribution < -0.4 is 0 Å². The first-order valence-electron chi connectivity index (χ1n) is 3.37. The molecule has 2 rings (SSSR count). The van der Waals surface area contributed by atoms with Gasteiger partial charge < -0.3 is 0 Å². The summed E-state index contributed by atoms with van der Waals surface area (Å²) in [6.07, 6.45) is 0. The first-order valence-corrected chi connectivity index (χ1v) is 4.94. The highest BCUT2D eigenvalue weighted by atomic mass is 35.5. The Morgan fingerprint density at radius 1 is 1.38 bits per heavy atom. The second-order valence-electron chi connectivity index (χ2n) is 2.34. The number of thiazole rings is 1. The zero-order valence-corrected chi connectivity index (χ0v) is 8.54. The van der Waals surface area contributed by atoms with E-state index in [-0.39, 0.29) is 0 Å². The average Bonchev–Trinajstić information content (AvgIpc) is 2.55. The number of hydrogen-bond acceptors (Lipinski definition) is 3. The molecule has 1 heterocycles. The fourth-order valence-corrected chi connectivity index (χ4v) is 2.17. The Kier molecular flexibility index (Phi) is 2.12. The van der Waals surface area contributed by atoms with E-state index in [0.29, 0.717) is 20.6 Å². The van der Waals surface area contributed by atoms with Gasteiger partial charge in [0.15, 0.2) is 5.01 Å². The van der Waals surface area contributed by atoms with Gasteiger partial charge in [0, 0.05) is 0 Å². The Labute approximate surface area is 88.3 Å². The van der Waals surface area contributed by atoms with Crippen molar-refractivity contribution in [3.63, 3.8) is 0 Å². The Morgan fingerprint density at radius 2 is 2.15 bits per heavy atom. The average molecular weight is 229 g/mol. The molecule has 0 unspecified atom stereocenters. The van der Waals surface area contributed by atoms with E-state index in [0.717, 1.165) is 4.70 Å². The van der Waals surface area contributed by atoms with Crippen LogP contribution in [0.4, 0.5) is 0 Å². The number of nitriles is 1. The van der Waals surface area contributed by atoms with Gasteiger partial charge in [-0.15, -0.1) is 11.3 Å². The normalized spacial score (nSPS) is 10.2. The predicted octanol–water partition coefficient (Wildman–Crippen LogP) is 3.47. The van der Waals surface area contributed by atoms with Crippen LogP contribution in [0.2, 0.25) is 10.0 Å². The van der Waals surface area contributed by atoms with Gasteiger partial charge in [0.2, 0.25) is 0 Å². The highest BCUT2D eigenvalue weighted by Crippen LogP contribution is 2.32. The fourth-order valence-electron chi connectivity index (χ4n) is 0.985. The lowest BCUT2D eigenvalue weighted by Gasteiger charge is -1.93. The fraction of sp³-hybridized carbons (Fsp3) is 0. The molecule has 64 valence electrons. The van der Waals surface area contributed by atoms with Crippen LogP contribution in [0.1, 0.15) is 5.01 Å². The van der Waals surface area contributed by atoms with Crippen LogP contribution in [0.5, 0.6) is 0 Å². The third-order valence-electron chi connectivity index (χ3n) is 1.55. The van der Waals surface area contributed by atoms with Gasteiger partial charge >= 0.3 is 0 Å². The van der Waals surface area contributed by atoms with Gasteiger partial charge in [-0.05, 0) is 12.1 Å². The summed E-state index contributed by atoms with van der Waals surface area (Å²) < 4.78 is 0.881. The van der Waals surface area contributed by atoms with Gasteiger partial charge in [-0.25, -0.2) is 4.98 Å². The van der Waals surface area contributed by atoms with Gasteiger partial charge in [-0.1, -0.05) is 23.2 Å². The lowest BCUT2D eigenvalue weighted by molar-refractivity contribution is 1.40. The maximum absolute atomic E-state index is 8.62. The highest BCUT2D eigenvalue weighted by Gasteiger charge is 2.08. The molecule has 0 aliphatic rings. The summed E-state index contributed by atoms with van der Waals surface area (Å²) in [6.45, 7) is 0. The maximum atomic E-state index is 8.62. The van der Waals surface area contributed by atoms with Crippen molar-refractivity contribution in [2.75, 3.05) is 0 Å². The largest absolute Gasteiger partial charge is 0.224 e. The summed E-state index contributed by atoms with van der Waals surface area (Å²) in [5.74, 6) is 0. The molecule has 0 bridgehead atoms. The quantitative estimate of drug-likeness (QED) is 0.693. The van der Waals surface area contributed by atoms with Crippen molar-refractivity contribution in [1.29, 1.82) is 5.26 Å². The molecule has 2 nitrogen and oxygen atoms in total. The summed E-state index contributed by atoms with van der Waals surface area (Å²) >= 11 is 13.0. The summed E-state index contributed by atoms with van der Waals surface area (Å²) in [7, 11) is 0. The third kappa shape index (κ3) is 1.37. The minimum Gasteiger partial charge on any atom is -0.224 e. The lowest BCUT2D eigenvalue weighted by Crippen LogP contribution is -1.73. The Bertz CT molecular complexity index is 513. The van der Waals surface area contributed by atoms with Crippen LogP contribution in [0.25, 0.3) is 10.2 Å². The van der Waals surface area contributed by atoms with Gasteiger partial charge in [0.25, 0.3) is 0 Å². The van der Waals surface area contributed by atoms with E-state index >= 15 is 0 Å². The topological polar surface area (TPSA) is 36.7 Å². The second-order valence-corrected chi connectivity index (χ2v) is 4.15. The van der Waals surface area contributed by atoms with E-state index in [1.165, 1.54) is 11.3 Å². The van der Waals surface area contributed by atoms with Gasteiger partial charge in [0.05, 0.1) is 14.7 Å². The number of rotatable bonds is 0. The molecule has 5 heteroatoms. The van der Waals surface area contributed by atoms with Crippen molar-refractivity contribution in [3.05, 3.63) is 27.2 Å². The zero-order chi connectivity index (χ0) is 9.42. The molecule has 0 radical (unpaired) electrons. The number of benzene rings is 1. The van der Waals surface area contributed by atoms with Gasteiger partial charge in [-0.3, -0.25) is 0 Å². The molecule has 1 aromatic carbocycles. The highest BCUT2D eigenvalue weighted by molar-refractivity contribution is 7.19. The molecule has 0 spiro atoms. The molecular weight excluding hydrogens is 227 g/mol. The Hall–Kier alpha value is -0.820. The Morgan fingerprint density at radius 3 is 2.85 bits per heavy atom. The molecule has 0 saturated heterocycles. The van der Waals surface area contributed by atoms with Crippen LogP contribution >= 0.6 is 34.5 Å². The SMILES string of the molecule is N#Cc1nc2c(Cl)c(Cl)ccc2s1. The molecule has 0 aliphatic carbocycles. The van der Waals surface area contributed by atoms with Crippen molar-refractivity contribution >= 4 is 44.8 Å². The third-order valence-corrected chi connectivity index (χ3v) is 3.27. The van der Waals surface area contributed by atoms with E-state index in [4.69, 9.17) is 28.5 Å². The van der Waals surface area contributed by atoms with E-state index in [2.05, 4.69) is 4.98 Å².